The molecule has 0 spiro atoms. The Kier molecular flexibility index (Phi) is 3.67. The van der Waals surface area contributed by atoms with Gasteiger partial charge in [-0.05, 0) is 23.8 Å². The summed E-state index contributed by atoms with van der Waals surface area (Å²) in [5.41, 5.74) is 1.24. The lowest BCUT2D eigenvalue weighted by molar-refractivity contribution is -0.117. The number of nitrogens with zero attached hydrogens (tertiary/aromatic N) is 4. The number of para-hydroxylation sites is 1. The van der Waals surface area contributed by atoms with Crippen LogP contribution in [-0.2, 0) is 4.79 Å². The van der Waals surface area contributed by atoms with Gasteiger partial charge in [0.1, 0.15) is 11.6 Å². The molecule has 1 fully saturated rings. The number of amides is 1. The van der Waals surface area contributed by atoms with Crippen molar-refractivity contribution in [3.8, 4) is 11.8 Å². The summed E-state index contributed by atoms with van der Waals surface area (Å²) < 4.78 is 1.65. The van der Waals surface area contributed by atoms with Crippen LogP contribution in [0.15, 0.2) is 36.5 Å². The molecule has 1 amide bonds. The van der Waals surface area contributed by atoms with Gasteiger partial charge in [0.25, 0.3) is 0 Å². The molecule has 1 atom stereocenters. The molecule has 3 rings (SSSR count). The second-order valence-electron chi connectivity index (χ2n) is 5.00. The van der Waals surface area contributed by atoms with E-state index in [1.807, 2.05) is 30.3 Å². The summed E-state index contributed by atoms with van der Waals surface area (Å²) in [6.45, 7) is 0.579. The van der Waals surface area contributed by atoms with Crippen molar-refractivity contribution in [2.75, 3.05) is 17.2 Å². The first kappa shape index (κ1) is 13.7. The third-order valence-corrected chi connectivity index (χ3v) is 4.10. The van der Waals surface area contributed by atoms with Gasteiger partial charge < -0.3 is 0 Å². The molecule has 0 radical (unpaired) electrons. The zero-order valence-corrected chi connectivity index (χ0v) is 12.2. The lowest BCUT2D eigenvalue weighted by Crippen LogP contribution is -2.28. The van der Waals surface area contributed by atoms with Crippen LogP contribution >= 0.6 is 12.6 Å². The molecule has 0 aliphatic carbocycles. The summed E-state index contributed by atoms with van der Waals surface area (Å²) in [5.74, 6) is 1.44. The summed E-state index contributed by atoms with van der Waals surface area (Å²) in [5, 5.41) is 13.6. The number of rotatable bonds is 3. The normalized spacial score (nSPS) is 18.0. The Balaban J connectivity index is 2.08. The maximum atomic E-state index is 12.2. The largest absolute Gasteiger partial charge is 0.295 e. The molecule has 1 aromatic carbocycles. The summed E-state index contributed by atoms with van der Waals surface area (Å²) >= 11 is 4.27. The van der Waals surface area contributed by atoms with E-state index in [2.05, 4.69) is 23.8 Å². The van der Waals surface area contributed by atoms with Crippen molar-refractivity contribution in [1.82, 2.24) is 9.78 Å². The number of thiol groups is 1. The van der Waals surface area contributed by atoms with Gasteiger partial charge in [0.2, 0.25) is 5.91 Å². The molecule has 2 aromatic rings. The van der Waals surface area contributed by atoms with Crippen LogP contribution in [-0.4, -0.2) is 28.0 Å². The highest BCUT2D eigenvalue weighted by Gasteiger charge is 2.33. The van der Waals surface area contributed by atoms with Crippen molar-refractivity contribution in [3.63, 3.8) is 0 Å². The lowest BCUT2D eigenvalue weighted by Gasteiger charge is -2.18. The van der Waals surface area contributed by atoms with Crippen molar-refractivity contribution in [2.45, 2.75) is 6.42 Å². The number of benzene rings is 1. The number of hydrogen-bond donors (Lipinski definition) is 1. The second-order valence-corrected chi connectivity index (χ2v) is 5.36. The molecule has 1 saturated heterocycles. The fourth-order valence-corrected chi connectivity index (χ4v) is 2.79. The summed E-state index contributed by atoms with van der Waals surface area (Å²) in [6, 6.07) is 11.6. The van der Waals surface area contributed by atoms with E-state index in [0.29, 0.717) is 30.1 Å². The predicted molar refractivity (Wildman–Crippen MR) is 82.6 cm³/mol. The van der Waals surface area contributed by atoms with Crippen LogP contribution in [0.1, 0.15) is 12.0 Å². The van der Waals surface area contributed by atoms with Crippen LogP contribution in [0.25, 0.3) is 5.69 Å². The van der Waals surface area contributed by atoms with Gasteiger partial charge in [-0.25, -0.2) is 4.68 Å². The van der Waals surface area contributed by atoms with Gasteiger partial charge in [-0.15, -0.1) is 0 Å². The minimum absolute atomic E-state index is 0.0169. The summed E-state index contributed by atoms with van der Waals surface area (Å²) in [6.07, 6.45) is 1.97. The molecule has 2 heterocycles. The van der Waals surface area contributed by atoms with Crippen LogP contribution in [0.3, 0.4) is 0 Å². The minimum Gasteiger partial charge on any atom is -0.295 e. The highest BCUT2D eigenvalue weighted by atomic mass is 32.1. The van der Waals surface area contributed by atoms with Crippen LogP contribution in [0.5, 0.6) is 0 Å². The predicted octanol–water partition coefficient (Wildman–Crippen LogP) is 2.03. The molecular formula is C15H14N4OS. The van der Waals surface area contributed by atoms with Gasteiger partial charge in [-0.3, -0.25) is 9.69 Å². The van der Waals surface area contributed by atoms with Gasteiger partial charge in [0.15, 0.2) is 5.82 Å². The highest BCUT2D eigenvalue weighted by Crippen LogP contribution is 2.30. The van der Waals surface area contributed by atoms with Crippen LogP contribution in [0.4, 0.5) is 5.82 Å². The SMILES string of the molecule is N#Cc1cnn(-c2ccccc2)c1N1CC(CS)CC1=O. The average Bonchev–Trinajstić information content (AvgIpc) is 3.10. The van der Waals surface area contributed by atoms with E-state index in [1.54, 1.807) is 9.58 Å². The fourth-order valence-electron chi connectivity index (χ4n) is 2.55. The highest BCUT2D eigenvalue weighted by molar-refractivity contribution is 7.80. The first-order valence-corrected chi connectivity index (χ1v) is 7.32. The zero-order valence-electron chi connectivity index (χ0n) is 11.3. The standard InChI is InChI=1S/C15H14N4OS/c16-7-12-8-17-19(13-4-2-1-3-5-13)15(12)18-9-11(10-21)6-14(18)20/h1-5,8,11,21H,6,9-10H2. The quantitative estimate of drug-likeness (QED) is 0.882. The van der Waals surface area contributed by atoms with Crippen molar-refractivity contribution in [3.05, 3.63) is 42.1 Å². The molecule has 0 N–H and O–H groups in total. The molecule has 1 aliphatic heterocycles. The molecule has 1 aliphatic rings. The van der Waals surface area contributed by atoms with Crippen LogP contribution in [0, 0.1) is 17.2 Å². The lowest BCUT2D eigenvalue weighted by atomic mass is 10.1. The minimum atomic E-state index is 0.0169. The smallest absolute Gasteiger partial charge is 0.228 e. The Morgan fingerprint density at radius 1 is 1.38 bits per heavy atom. The molecule has 6 heteroatoms. The van der Waals surface area contributed by atoms with Crippen molar-refractivity contribution >= 4 is 24.4 Å². The van der Waals surface area contributed by atoms with Gasteiger partial charge in [0.05, 0.1) is 11.9 Å². The van der Waals surface area contributed by atoms with Gasteiger partial charge in [0, 0.05) is 13.0 Å². The Hall–Kier alpha value is -2.26. The van der Waals surface area contributed by atoms with E-state index in [0.717, 1.165) is 5.69 Å². The molecule has 5 nitrogen and oxygen atoms in total. The van der Waals surface area contributed by atoms with Crippen molar-refractivity contribution in [2.24, 2.45) is 5.92 Å². The Morgan fingerprint density at radius 2 is 2.14 bits per heavy atom. The summed E-state index contributed by atoms with van der Waals surface area (Å²) in [7, 11) is 0. The Labute approximate surface area is 128 Å². The van der Waals surface area contributed by atoms with Gasteiger partial charge in [-0.1, -0.05) is 18.2 Å². The molecule has 1 aromatic heterocycles. The Bertz CT molecular complexity index is 704. The molecule has 106 valence electrons. The van der Waals surface area contributed by atoms with Crippen molar-refractivity contribution in [1.29, 1.82) is 5.26 Å². The first-order valence-electron chi connectivity index (χ1n) is 6.69. The third-order valence-electron chi connectivity index (χ3n) is 3.58. The molecular weight excluding hydrogens is 284 g/mol. The topological polar surface area (TPSA) is 61.9 Å². The number of anilines is 1. The number of carbonyl (C=O) groups is 1. The van der Waals surface area contributed by atoms with Crippen LogP contribution in [0.2, 0.25) is 0 Å². The molecule has 0 saturated carbocycles. The van der Waals surface area contributed by atoms with Gasteiger partial charge >= 0.3 is 0 Å². The maximum absolute atomic E-state index is 12.2. The average molecular weight is 298 g/mol. The van der Waals surface area contributed by atoms with E-state index >= 15 is 0 Å². The molecule has 21 heavy (non-hydrogen) atoms. The fraction of sp³-hybridized carbons (Fsp3) is 0.267. The van der Waals surface area contributed by atoms with Crippen LogP contribution < -0.4 is 4.90 Å². The Morgan fingerprint density at radius 3 is 2.76 bits per heavy atom. The zero-order chi connectivity index (χ0) is 14.8. The van der Waals surface area contributed by atoms with E-state index < -0.39 is 0 Å². The molecule has 1 unspecified atom stereocenters. The van der Waals surface area contributed by atoms with E-state index in [9.17, 15) is 10.1 Å². The number of hydrogen-bond acceptors (Lipinski definition) is 4. The van der Waals surface area contributed by atoms with E-state index in [-0.39, 0.29) is 11.8 Å². The van der Waals surface area contributed by atoms with E-state index in [1.165, 1.54) is 6.20 Å². The first-order chi connectivity index (χ1) is 10.2. The summed E-state index contributed by atoms with van der Waals surface area (Å²) in [4.78, 5) is 13.9. The second kappa shape index (κ2) is 5.62. The van der Waals surface area contributed by atoms with E-state index in [4.69, 9.17) is 0 Å². The number of carbonyl (C=O) groups excluding carboxylic acids is 1. The molecule has 0 bridgehead atoms. The monoisotopic (exact) mass is 298 g/mol. The number of aromatic nitrogens is 2. The number of nitriles is 1. The van der Waals surface area contributed by atoms with Crippen molar-refractivity contribution < 1.29 is 4.79 Å². The maximum Gasteiger partial charge on any atom is 0.228 e. The third kappa shape index (κ3) is 2.41. The van der Waals surface area contributed by atoms with Gasteiger partial charge in [-0.2, -0.15) is 23.0 Å².